The number of rotatable bonds is 4. The van der Waals surface area contributed by atoms with Gasteiger partial charge in [-0.1, -0.05) is 128 Å². The minimum Gasteiger partial charge on any atom is -0.0533 e. The van der Waals surface area contributed by atoms with Crippen LogP contribution in [0.1, 0.15) is 167 Å². The SMILES string of the molecule is C1CCC(C2CCCC(C3C4CCCCC4C(C4CCCC(C5CCCCC5)C4)C4CCCCC43)C2)CC1. The van der Waals surface area contributed by atoms with E-state index in [1.807, 2.05) is 0 Å². The zero-order valence-electron chi connectivity index (χ0n) is 25.3. The van der Waals surface area contributed by atoms with E-state index in [0.717, 1.165) is 71.0 Å². The van der Waals surface area contributed by atoms with Gasteiger partial charge in [-0.25, -0.2) is 0 Å². The van der Waals surface area contributed by atoms with Crippen LogP contribution in [-0.2, 0) is 0 Å². The van der Waals surface area contributed by atoms with Crippen molar-refractivity contribution in [3.8, 4) is 0 Å². The van der Waals surface area contributed by atoms with Gasteiger partial charge >= 0.3 is 0 Å². The first kappa shape index (κ1) is 26.9. The summed E-state index contributed by atoms with van der Waals surface area (Å²) in [7, 11) is 0. The van der Waals surface area contributed by atoms with Gasteiger partial charge in [0.15, 0.2) is 0 Å². The van der Waals surface area contributed by atoms with Gasteiger partial charge in [0.2, 0.25) is 0 Å². The summed E-state index contributed by atoms with van der Waals surface area (Å²) < 4.78 is 0. The van der Waals surface area contributed by atoms with E-state index >= 15 is 0 Å². The van der Waals surface area contributed by atoms with Crippen LogP contribution >= 0.6 is 0 Å². The molecule has 0 aromatic carbocycles. The lowest BCUT2D eigenvalue weighted by Crippen LogP contribution is -2.54. The first-order valence-corrected chi connectivity index (χ1v) is 18.9. The van der Waals surface area contributed by atoms with E-state index in [2.05, 4.69) is 0 Å². The molecule has 0 amide bonds. The van der Waals surface area contributed by atoms with Crippen LogP contribution in [0.2, 0.25) is 0 Å². The topological polar surface area (TPSA) is 0 Å². The molecular weight excluding hydrogens is 456 g/mol. The Kier molecular flexibility index (Phi) is 8.82. The predicted octanol–water partition coefficient (Wildman–Crippen LogP) is 11.6. The van der Waals surface area contributed by atoms with E-state index < -0.39 is 0 Å². The van der Waals surface area contributed by atoms with Crippen LogP contribution in [0.4, 0.5) is 0 Å². The van der Waals surface area contributed by atoms with Crippen molar-refractivity contribution in [3.05, 3.63) is 0 Å². The first-order valence-electron chi connectivity index (χ1n) is 18.9. The molecule has 0 heteroatoms. The van der Waals surface area contributed by atoms with Gasteiger partial charge in [-0.05, 0) is 110 Å². The van der Waals surface area contributed by atoms with Crippen molar-refractivity contribution in [2.75, 3.05) is 0 Å². The van der Waals surface area contributed by atoms with Gasteiger partial charge in [0.05, 0.1) is 0 Å². The molecule has 0 aliphatic heterocycles. The van der Waals surface area contributed by atoms with E-state index in [1.54, 1.807) is 154 Å². The van der Waals surface area contributed by atoms with Crippen molar-refractivity contribution in [2.45, 2.75) is 167 Å². The highest BCUT2D eigenvalue weighted by Gasteiger charge is 2.55. The molecule has 7 aliphatic rings. The average Bonchev–Trinajstić information content (AvgIpc) is 3.01. The van der Waals surface area contributed by atoms with Crippen molar-refractivity contribution >= 4 is 0 Å². The molecule has 7 saturated carbocycles. The largest absolute Gasteiger partial charge is 0.0533 e. The molecule has 8 atom stereocenters. The number of hydrogen-bond acceptors (Lipinski definition) is 0. The van der Waals surface area contributed by atoms with Gasteiger partial charge in [0.1, 0.15) is 0 Å². The highest BCUT2D eigenvalue weighted by molar-refractivity contribution is 5.04. The number of hydrogen-bond donors (Lipinski definition) is 0. The normalized spacial score (nSPS) is 47.7. The molecule has 216 valence electrons. The minimum absolute atomic E-state index is 1.12. The molecule has 7 aliphatic carbocycles. The second kappa shape index (κ2) is 12.5. The summed E-state index contributed by atoms with van der Waals surface area (Å²) in [6, 6.07) is 0. The van der Waals surface area contributed by atoms with Gasteiger partial charge < -0.3 is 0 Å². The maximum atomic E-state index is 1.67. The highest BCUT2D eigenvalue weighted by atomic mass is 14.6. The van der Waals surface area contributed by atoms with Crippen LogP contribution < -0.4 is 0 Å². The van der Waals surface area contributed by atoms with Crippen LogP contribution in [0.15, 0.2) is 0 Å². The second-order valence-corrected chi connectivity index (χ2v) is 16.5. The summed E-state index contributed by atoms with van der Waals surface area (Å²) in [4.78, 5) is 0. The highest BCUT2D eigenvalue weighted by Crippen LogP contribution is 2.63. The van der Waals surface area contributed by atoms with E-state index in [-0.39, 0.29) is 0 Å². The van der Waals surface area contributed by atoms with Crippen molar-refractivity contribution < 1.29 is 0 Å². The fourth-order valence-electron chi connectivity index (χ4n) is 13.6. The molecule has 8 unspecified atom stereocenters. The average molecular weight is 521 g/mol. The minimum atomic E-state index is 1.12. The van der Waals surface area contributed by atoms with Crippen molar-refractivity contribution in [1.29, 1.82) is 0 Å². The van der Waals surface area contributed by atoms with Crippen LogP contribution in [0.5, 0.6) is 0 Å². The van der Waals surface area contributed by atoms with Crippen LogP contribution in [-0.4, -0.2) is 0 Å². The summed E-state index contributed by atoms with van der Waals surface area (Å²) in [6.07, 6.45) is 41.5. The van der Waals surface area contributed by atoms with Crippen molar-refractivity contribution in [3.63, 3.8) is 0 Å². The molecule has 0 aromatic rings. The Hall–Kier alpha value is 0. The van der Waals surface area contributed by atoms with E-state index in [0.29, 0.717) is 0 Å². The Morgan fingerprint density at radius 1 is 0.211 bits per heavy atom. The Balaban J connectivity index is 1.12. The quantitative estimate of drug-likeness (QED) is 0.346. The lowest BCUT2D eigenvalue weighted by atomic mass is 9.44. The zero-order valence-corrected chi connectivity index (χ0v) is 25.3. The monoisotopic (exact) mass is 521 g/mol. The maximum Gasteiger partial charge on any atom is -0.0323 e. The zero-order chi connectivity index (χ0) is 25.3. The summed E-state index contributed by atoms with van der Waals surface area (Å²) in [5, 5.41) is 0. The molecule has 7 fully saturated rings. The third-order valence-corrected chi connectivity index (χ3v) is 15.0. The molecule has 0 bridgehead atoms. The maximum absolute atomic E-state index is 1.67. The molecular formula is C38H64. The standard InChI is InChI=1S/C38H64/c1-3-13-27(14-4-1)29-17-11-19-31(25-29)37-33-21-7-9-23-35(33)38(36-24-10-8-22-34(36)37)32-20-12-18-30(26-32)28-15-5-2-6-16-28/h27-38H,1-26H2. The van der Waals surface area contributed by atoms with Crippen LogP contribution in [0.3, 0.4) is 0 Å². The van der Waals surface area contributed by atoms with Crippen molar-refractivity contribution in [2.24, 2.45) is 71.0 Å². The molecule has 0 heterocycles. The molecule has 0 N–H and O–H groups in total. The fourth-order valence-corrected chi connectivity index (χ4v) is 13.6. The lowest BCUT2D eigenvalue weighted by molar-refractivity contribution is -0.119. The third kappa shape index (κ3) is 5.44. The molecule has 0 saturated heterocycles. The van der Waals surface area contributed by atoms with Gasteiger partial charge in [-0.15, -0.1) is 0 Å². The molecule has 38 heavy (non-hydrogen) atoms. The van der Waals surface area contributed by atoms with Crippen molar-refractivity contribution in [1.82, 2.24) is 0 Å². The Labute approximate surface area is 237 Å². The molecule has 7 rings (SSSR count). The smallest absolute Gasteiger partial charge is 0.0323 e. The predicted molar refractivity (Wildman–Crippen MR) is 162 cm³/mol. The summed E-state index contributed by atoms with van der Waals surface area (Å²) in [5.74, 6) is 13.5. The summed E-state index contributed by atoms with van der Waals surface area (Å²) in [6.45, 7) is 0. The fraction of sp³-hybridized carbons (Fsp3) is 1.00. The second-order valence-electron chi connectivity index (χ2n) is 16.5. The molecule has 0 spiro atoms. The van der Waals surface area contributed by atoms with E-state index in [1.165, 1.54) is 12.8 Å². The molecule has 0 aromatic heterocycles. The third-order valence-electron chi connectivity index (χ3n) is 15.0. The number of fused-ring (bicyclic) bond motifs is 2. The van der Waals surface area contributed by atoms with E-state index in [4.69, 9.17) is 0 Å². The Morgan fingerprint density at radius 2 is 0.500 bits per heavy atom. The van der Waals surface area contributed by atoms with Crippen LogP contribution in [0.25, 0.3) is 0 Å². The van der Waals surface area contributed by atoms with E-state index in [9.17, 15) is 0 Å². The van der Waals surface area contributed by atoms with Gasteiger partial charge in [0.25, 0.3) is 0 Å². The van der Waals surface area contributed by atoms with Gasteiger partial charge in [0, 0.05) is 0 Å². The Morgan fingerprint density at radius 3 is 0.868 bits per heavy atom. The summed E-state index contributed by atoms with van der Waals surface area (Å²) in [5.41, 5.74) is 0. The molecule has 0 nitrogen and oxygen atoms in total. The molecule has 0 radical (unpaired) electrons. The lowest BCUT2D eigenvalue weighted by Gasteiger charge is -2.61. The Bertz CT molecular complexity index is 640. The summed E-state index contributed by atoms with van der Waals surface area (Å²) >= 11 is 0. The van der Waals surface area contributed by atoms with Gasteiger partial charge in [-0.3, -0.25) is 0 Å². The van der Waals surface area contributed by atoms with Gasteiger partial charge in [-0.2, -0.15) is 0 Å². The van der Waals surface area contributed by atoms with Crippen LogP contribution in [0, 0.1) is 71.0 Å². The first-order chi connectivity index (χ1) is 18.9.